The zero-order chi connectivity index (χ0) is 15.3. The van der Waals surface area contributed by atoms with Gasteiger partial charge in [-0.05, 0) is 24.1 Å². The summed E-state index contributed by atoms with van der Waals surface area (Å²) in [4.78, 5) is 11.6. The van der Waals surface area contributed by atoms with E-state index in [1.165, 1.54) is 0 Å². The van der Waals surface area contributed by atoms with Gasteiger partial charge in [0.05, 0.1) is 13.2 Å². The van der Waals surface area contributed by atoms with Crippen molar-refractivity contribution in [1.82, 2.24) is 0 Å². The minimum atomic E-state index is -0.171. The third-order valence-corrected chi connectivity index (χ3v) is 2.72. The van der Waals surface area contributed by atoms with E-state index in [1.54, 1.807) is 7.11 Å². The average Bonchev–Trinajstić information content (AvgIpc) is 2.50. The monoisotopic (exact) mass is 296 g/mol. The maximum atomic E-state index is 11.6. The average molecular weight is 296 g/mol. The zero-order valence-electron chi connectivity index (χ0n) is 12.5. The van der Waals surface area contributed by atoms with Gasteiger partial charge in [0.25, 0.3) is 0 Å². The Labute approximate surface area is 125 Å². The van der Waals surface area contributed by atoms with Crippen LogP contribution in [0.25, 0.3) is 0 Å². The largest absolute Gasteiger partial charge is 0.382 e. The molecule has 0 atom stereocenters. The van der Waals surface area contributed by atoms with Crippen molar-refractivity contribution in [3.05, 3.63) is 29.8 Å². The molecule has 0 radical (unpaired) electrons. The first-order valence-corrected chi connectivity index (χ1v) is 6.99. The summed E-state index contributed by atoms with van der Waals surface area (Å²) in [6.07, 6.45) is 0.752. The first kappa shape index (κ1) is 17.6. The van der Waals surface area contributed by atoms with Crippen LogP contribution >= 0.6 is 0 Å². The molecule has 6 nitrogen and oxygen atoms in total. The molecule has 0 aliphatic carbocycles. The molecule has 6 heteroatoms. The molecule has 0 saturated carbocycles. The van der Waals surface area contributed by atoms with Crippen molar-refractivity contribution in [2.75, 3.05) is 45.5 Å². The van der Waals surface area contributed by atoms with Gasteiger partial charge in [-0.1, -0.05) is 12.1 Å². The normalized spacial score (nSPS) is 10.6. The molecule has 0 heterocycles. The van der Waals surface area contributed by atoms with Crippen molar-refractivity contribution >= 4 is 11.6 Å². The maximum absolute atomic E-state index is 11.6. The first-order valence-electron chi connectivity index (χ1n) is 6.99. The Morgan fingerprint density at radius 3 is 2.48 bits per heavy atom. The van der Waals surface area contributed by atoms with E-state index in [9.17, 15) is 4.79 Å². The zero-order valence-corrected chi connectivity index (χ0v) is 12.5. The van der Waals surface area contributed by atoms with Crippen LogP contribution in [0.3, 0.4) is 0 Å². The smallest absolute Gasteiger partial charge is 0.250 e. The summed E-state index contributed by atoms with van der Waals surface area (Å²) < 4.78 is 15.4. The lowest BCUT2D eigenvalue weighted by Crippen LogP contribution is -2.19. The summed E-state index contributed by atoms with van der Waals surface area (Å²) in [5, 5.41) is 2.76. The summed E-state index contributed by atoms with van der Waals surface area (Å²) in [5.41, 5.74) is 7.27. The second-order valence-electron chi connectivity index (χ2n) is 4.46. The highest BCUT2D eigenvalue weighted by Gasteiger charge is 2.02. The number of nitrogens with one attached hydrogen (secondary N) is 1. The molecule has 21 heavy (non-hydrogen) atoms. The van der Waals surface area contributed by atoms with Crippen molar-refractivity contribution in [3.8, 4) is 0 Å². The van der Waals surface area contributed by atoms with E-state index >= 15 is 0 Å². The molecule has 0 aliphatic rings. The van der Waals surface area contributed by atoms with Crippen molar-refractivity contribution < 1.29 is 19.0 Å². The lowest BCUT2D eigenvalue weighted by molar-refractivity contribution is -0.120. The van der Waals surface area contributed by atoms with Crippen LogP contribution in [0, 0.1) is 0 Å². The summed E-state index contributed by atoms with van der Waals surface area (Å²) in [5.74, 6) is -0.171. The summed E-state index contributed by atoms with van der Waals surface area (Å²) >= 11 is 0. The Bertz CT molecular complexity index is 395. The third-order valence-electron chi connectivity index (χ3n) is 2.72. The maximum Gasteiger partial charge on any atom is 0.250 e. The predicted molar refractivity (Wildman–Crippen MR) is 81.1 cm³/mol. The highest BCUT2D eigenvalue weighted by atomic mass is 16.5. The van der Waals surface area contributed by atoms with Crippen LogP contribution in [0.5, 0.6) is 0 Å². The summed E-state index contributed by atoms with van der Waals surface area (Å²) in [6.45, 7) is 2.79. The number of hydrogen-bond acceptors (Lipinski definition) is 5. The molecule has 0 unspecified atom stereocenters. The fraction of sp³-hybridized carbons (Fsp3) is 0.533. The molecule has 0 spiro atoms. The van der Waals surface area contributed by atoms with Crippen LogP contribution in [0.1, 0.15) is 12.0 Å². The highest BCUT2D eigenvalue weighted by Crippen LogP contribution is 2.08. The quantitative estimate of drug-likeness (QED) is 0.599. The van der Waals surface area contributed by atoms with Gasteiger partial charge < -0.3 is 25.3 Å². The number of carbonyl (C=O) groups is 1. The van der Waals surface area contributed by atoms with Gasteiger partial charge in [-0.2, -0.15) is 0 Å². The van der Waals surface area contributed by atoms with Gasteiger partial charge in [0.15, 0.2) is 0 Å². The third kappa shape index (κ3) is 8.41. The number of carbonyl (C=O) groups excluding carboxylic acids is 1. The number of ether oxygens (including phenoxy) is 3. The number of amides is 1. The van der Waals surface area contributed by atoms with Gasteiger partial charge >= 0.3 is 0 Å². The summed E-state index contributed by atoms with van der Waals surface area (Å²) in [7, 11) is 1.63. The van der Waals surface area contributed by atoms with Gasteiger partial charge in [0.2, 0.25) is 5.91 Å². The van der Waals surface area contributed by atoms with Crippen molar-refractivity contribution in [3.63, 3.8) is 0 Å². The van der Waals surface area contributed by atoms with Gasteiger partial charge in [0, 0.05) is 32.6 Å². The lowest BCUT2D eigenvalue weighted by atomic mass is 10.2. The van der Waals surface area contributed by atoms with Crippen molar-refractivity contribution in [2.45, 2.75) is 13.0 Å². The van der Waals surface area contributed by atoms with E-state index in [0.29, 0.717) is 33.0 Å². The van der Waals surface area contributed by atoms with Crippen LogP contribution < -0.4 is 11.1 Å². The number of benzene rings is 1. The molecule has 3 N–H and O–H groups in total. The fourth-order valence-electron chi connectivity index (χ4n) is 1.59. The van der Waals surface area contributed by atoms with E-state index in [4.69, 9.17) is 19.9 Å². The minimum absolute atomic E-state index is 0.0384. The van der Waals surface area contributed by atoms with Crippen LogP contribution in [-0.2, 0) is 25.5 Å². The van der Waals surface area contributed by atoms with E-state index in [-0.39, 0.29) is 12.5 Å². The lowest BCUT2D eigenvalue weighted by Gasteiger charge is -2.07. The van der Waals surface area contributed by atoms with Crippen LogP contribution in [0.15, 0.2) is 24.3 Å². The predicted octanol–water partition coefficient (Wildman–Crippen LogP) is 1.15. The molecule has 118 valence electrons. The van der Waals surface area contributed by atoms with E-state index < -0.39 is 0 Å². The number of rotatable bonds is 11. The fourth-order valence-corrected chi connectivity index (χ4v) is 1.59. The Kier molecular flexibility index (Phi) is 9.39. The Hall–Kier alpha value is -1.47. The molecule has 0 aromatic heterocycles. The molecule has 1 amide bonds. The highest BCUT2D eigenvalue weighted by molar-refractivity contribution is 5.91. The second-order valence-corrected chi connectivity index (χ2v) is 4.46. The molecule has 0 saturated heterocycles. The van der Waals surface area contributed by atoms with Gasteiger partial charge in [0.1, 0.15) is 6.61 Å². The first-order chi connectivity index (χ1) is 10.3. The van der Waals surface area contributed by atoms with Crippen molar-refractivity contribution in [1.29, 1.82) is 0 Å². The molecule has 1 aromatic rings. The molecule has 0 aliphatic heterocycles. The topological polar surface area (TPSA) is 82.8 Å². The number of anilines is 1. The van der Waals surface area contributed by atoms with Crippen molar-refractivity contribution in [2.24, 2.45) is 5.73 Å². The number of nitrogens with two attached hydrogens (primary N) is 1. The van der Waals surface area contributed by atoms with Gasteiger partial charge in [-0.15, -0.1) is 0 Å². The number of methoxy groups -OCH3 is 1. The second kappa shape index (κ2) is 11.2. The molecule has 0 fully saturated rings. The molecule has 1 aromatic carbocycles. The Balaban J connectivity index is 2.05. The van der Waals surface area contributed by atoms with Crippen LogP contribution in [-0.4, -0.2) is 46.1 Å². The summed E-state index contributed by atoms with van der Waals surface area (Å²) in [6, 6.07) is 7.41. The van der Waals surface area contributed by atoms with E-state index in [1.807, 2.05) is 24.3 Å². The van der Waals surface area contributed by atoms with Gasteiger partial charge in [-0.25, -0.2) is 0 Å². The standard InChI is InChI=1S/C15H24N2O4/c1-19-9-10-20-7-2-8-21-12-15(18)17-14-5-3-13(11-16)4-6-14/h3-6H,2,7-12,16H2,1H3,(H,17,18). The molecular weight excluding hydrogens is 272 g/mol. The number of hydrogen-bond donors (Lipinski definition) is 2. The SMILES string of the molecule is COCCOCCCOCC(=O)Nc1ccc(CN)cc1. The molecule has 0 bridgehead atoms. The Morgan fingerprint density at radius 2 is 1.81 bits per heavy atom. The molecule has 1 rings (SSSR count). The molecular formula is C15H24N2O4. The van der Waals surface area contributed by atoms with E-state index in [0.717, 1.165) is 17.7 Å². The minimum Gasteiger partial charge on any atom is -0.382 e. The van der Waals surface area contributed by atoms with E-state index in [2.05, 4.69) is 5.32 Å². The van der Waals surface area contributed by atoms with Crippen LogP contribution in [0.2, 0.25) is 0 Å². The van der Waals surface area contributed by atoms with Gasteiger partial charge in [-0.3, -0.25) is 4.79 Å². The van der Waals surface area contributed by atoms with Crippen LogP contribution in [0.4, 0.5) is 5.69 Å². The Morgan fingerprint density at radius 1 is 1.10 bits per heavy atom.